The first-order chi connectivity index (χ1) is 21.8. The number of hydrogen-bond acceptors (Lipinski definition) is 7. The minimum atomic E-state index is -0.760. The lowest BCUT2D eigenvalue weighted by Gasteiger charge is -2.25. The van der Waals surface area contributed by atoms with Crippen LogP contribution in [0.25, 0.3) is 17.0 Å². The van der Waals surface area contributed by atoms with E-state index in [1.165, 1.54) is 16.9 Å². The van der Waals surface area contributed by atoms with Crippen LogP contribution in [0.2, 0.25) is 0 Å². The van der Waals surface area contributed by atoms with Crippen molar-refractivity contribution in [2.75, 3.05) is 13.7 Å². The number of carbonyl (C=O) groups excluding carboxylic acids is 1. The predicted octanol–water partition coefficient (Wildman–Crippen LogP) is 5.60. The minimum Gasteiger partial charge on any atom is -0.493 e. The largest absolute Gasteiger partial charge is 0.493 e. The van der Waals surface area contributed by atoms with Crippen LogP contribution in [0.5, 0.6) is 11.5 Å². The second kappa shape index (κ2) is 12.6. The average Bonchev–Trinajstić information content (AvgIpc) is 3.53. The summed E-state index contributed by atoms with van der Waals surface area (Å²) in [6, 6.07) is 23.2. The molecule has 3 aromatic carbocycles. The maximum atomic E-state index is 14.3. The van der Waals surface area contributed by atoms with Gasteiger partial charge in [-0.25, -0.2) is 9.79 Å². The van der Waals surface area contributed by atoms with Crippen molar-refractivity contribution < 1.29 is 19.0 Å². The van der Waals surface area contributed by atoms with Gasteiger partial charge in [0.2, 0.25) is 0 Å². The molecule has 0 N–H and O–H groups in total. The second-order valence-corrected chi connectivity index (χ2v) is 12.1. The molecule has 45 heavy (non-hydrogen) atoms. The molecule has 5 aromatic rings. The smallest absolute Gasteiger partial charge is 0.338 e. The molecular weight excluding hydrogens is 586 g/mol. The van der Waals surface area contributed by atoms with Gasteiger partial charge in [0.05, 0.1) is 41.7 Å². The Bertz CT molecular complexity index is 2100. The van der Waals surface area contributed by atoms with Crippen molar-refractivity contribution in [3.05, 3.63) is 127 Å². The highest BCUT2D eigenvalue weighted by Crippen LogP contribution is 2.36. The molecule has 0 radical (unpaired) electrons. The van der Waals surface area contributed by atoms with Gasteiger partial charge in [-0.3, -0.25) is 9.36 Å². The number of fused-ring (bicyclic) bond motifs is 2. The Balaban J connectivity index is 1.52. The van der Waals surface area contributed by atoms with Crippen LogP contribution < -0.4 is 24.4 Å². The molecule has 0 spiro atoms. The molecule has 1 aliphatic rings. The van der Waals surface area contributed by atoms with Gasteiger partial charge in [-0.05, 0) is 63.1 Å². The highest BCUT2D eigenvalue weighted by Gasteiger charge is 2.34. The number of carbonyl (C=O) groups is 1. The van der Waals surface area contributed by atoms with E-state index in [0.29, 0.717) is 44.2 Å². The van der Waals surface area contributed by atoms with E-state index in [1.54, 1.807) is 25.5 Å². The summed E-state index contributed by atoms with van der Waals surface area (Å²) in [4.78, 5) is 32.9. The highest BCUT2D eigenvalue weighted by molar-refractivity contribution is 7.07. The number of para-hydroxylation sites is 1. The third-order valence-electron chi connectivity index (χ3n) is 7.68. The molecule has 9 heteroatoms. The number of aromatic nitrogens is 2. The van der Waals surface area contributed by atoms with E-state index in [1.807, 2.05) is 68.5 Å². The molecule has 0 aliphatic carbocycles. The number of benzene rings is 3. The maximum absolute atomic E-state index is 14.3. The Morgan fingerprint density at radius 1 is 1.04 bits per heavy atom. The molecule has 0 bridgehead atoms. The molecule has 6 rings (SSSR count). The third kappa shape index (κ3) is 5.83. The third-order valence-corrected chi connectivity index (χ3v) is 8.67. The number of allylic oxidation sites excluding steroid dienone is 1. The van der Waals surface area contributed by atoms with E-state index in [4.69, 9.17) is 19.2 Å². The predicted molar refractivity (Wildman–Crippen MR) is 177 cm³/mol. The van der Waals surface area contributed by atoms with Crippen LogP contribution in [0.4, 0.5) is 0 Å². The van der Waals surface area contributed by atoms with E-state index in [-0.39, 0.29) is 18.3 Å². The van der Waals surface area contributed by atoms with Crippen molar-refractivity contribution in [3.8, 4) is 11.5 Å². The Hall–Kier alpha value is -4.89. The lowest BCUT2D eigenvalue weighted by molar-refractivity contribution is -0.139. The number of rotatable bonds is 9. The lowest BCUT2D eigenvalue weighted by atomic mass is 9.95. The average molecular weight is 622 g/mol. The van der Waals surface area contributed by atoms with E-state index in [9.17, 15) is 9.59 Å². The SMILES string of the molecule is CCOC(=O)C1=C(C)N=c2s/c(=C/c3cn(Cc4ccccc4)c4ccccc34)c(=O)n2[C@@H]1c1ccc(OC(C)C)c(OC)c1. The molecule has 0 fully saturated rings. The number of esters is 1. The monoisotopic (exact) mass is 621 g/mol. The number of hydrogen-bond donors (Lipinski definition) is 0. The summed E-state index contributed by atoms with van der Waals surface area (Å²) >= 11 is 1.31. The second-order valence-electron chi connectivity index (χ2n) is 11.1. The first kappa shape index (κ1) is 30.1. The molecule has 2 aromatic heterocycles. The molecule has 0 saturated carbocycles. The summed E-state index contributed by atoms with van der Waals surface area (Å²) < 4.78 is 21.4. The van der Waals surface area contributed by atoms with Crippen LogP contribution in [0, 0.1) is 0 Å². The van der Waals surface area contributed by atoms with Crippen molar-refractivity contribution in [3.63, 3.8) is 0 Å². The number of nitrogens with zero attached hydrogens (tertiary/aromatic N) is 3. The molecular formula is C36H35N3O5S. The van der Waals surface area contributed by atoms with Gasteiger partial charge in [-0.2, -0.15) is 0 Å². The first-order valence-electron chi connectivity index (χ1n) is 14.9. The number of ether oxygens (including phenoxy) is 3. The fraction of sp³-hybridized carbons (Fsp3) is 0.250. The van der Waals surface area contributed by atoms with Crippen LogP contribution in [0.1, 0.15) is 50.4 Å². The Morgan fingerprint density at radius 2 is 1.80 bits per heavy atom. The zero-order valence-electron chi connectivity index (χ0n) is 25.9. The van der Waals surface area contributed by atoms with E-state index in [0.717, 1.165) is 16.5 Å². The van der Waals surface area contributed by atoms with Crippen molar-refractivity contribution in [1.82, 2.24) is 9.13 Å². The van der Waals surface area contributed by atoms with Crippen LogP contribution in [-0.4, -0.2) is 34.9 Å². The van der Waals surface area contributed by atoms with Gasteiger partial charge >= 0.3 is 5.97 Å². The summed E-state index contributed by atoms with van der Waals surface area (Å²) in [6.45, 7) is 8.32. The standard InChI is InChI=1S/C36H35N3O5S/c1-6-43-35(41)32-23(4)37-36-39(33(32)25-16-17-29(44-22(2)3)30(18-25)42-5)34(40)31(45-36)19-26-21-38(20-24-12-8-7-9-13-24)28-15-11-10-14-27(26)28/h7-19,21-22,33H,6,20H2,1-5H3/b31-19+/t33-/m1/s1. The van der Waals surface area contributed by atoms with Gasteiger partial charge in [0, 0.05) is 29.2 Å². The summed E-state index contributed by atoms with van der Waals surface area (Å²) in [5.41, 5.74) is 4.47. The first-order valence-corrected chi connectivity index (χ1v) is 15.8. The molecule has 8 nitrogen and oxygen atoms in total. The Morgan fingerprint density at radius 3 is 2.53 bits per heavy atom. The van der Waals surface area contributed by atoms with E-state index in [2.05, 4.69) is 35.0 Å². The lowest BCUT2D eigenvalue weighted by Crippen LogP contribution is -2.40. The molecule has 0 saturated heterocycles. The van der Waals surface area contributed by atoms with Crippen LogP contribution in [-0.2, 0) is 16.1 Å². The van der Waals surface area contributed by atoms with Crippen molar-refractivity contribution >= 4 is 34.3 Å². The fourth-order valence-corrected chi connectivity index (χ4v) is 6.79. The minimum absolute atomic E-state index is 0.0571. The zero-order valence-corrected chi connectivity index (χ0v) is 26.8. The van der Waals surface area contributed by atoms with Gasteiger partial charge in [0.1, 0.15) is 0 Å². The van der Waals surface area contributed by atoms with Gasteiger partial charge < -0.3 is 18.8 Å². The molecule has 230 valence electrons. The molecule has 0 unspecified atom stereocenters. The van der Waals surface area contributed by atoms with Crippen LogP contribution >= 0.6 is 11.3 Å². The van der Waals surface area contributed by atoms with E-state index >= 15 is 0 Å². The molecule has 3 heterocycles. The highest BCUT2D eigenvalue weighted by atomic mass is 32.1. The van der Waals surface area contributed by atoms with Gasteiger partial charge in [0.25, 0.3) is 5.56 Å². The molecule has 0 amide bonds. The summed E-state index contributed by atoms with van der Waals surface area (Å²) in [7, 11) is 1.57. The zero-order chi connectivity index (χ0) is 31.7. The van der Waals surface area contributed by atoms with Crippen LogP contribution in [0.15, 0.2) is 100 Å². The summed E-state index contributed by atoms with van der Waals surface area (Å²) in [5.74, 6) is 0.574. The van der Waals surface area contributed by atoms with Crippen molar-refractivity contribution in [1.29, 1.82) is 0 Å². The summed E-state index contributed by atoms with van der Waals surface area (Å²) in [6.07, 6.45) is 3.95. The number of methoxy groups -OCH3 is 1. The van der Waals surface area contributed by atoms with E-state index < -0.39 is 12.0 Å². The topological polar surface area (TPSA) is 84.1 Å². The molecule has 1 atom stereocenters. The number of thiazole rings is 1. The normalized spacial score (nSPS) is 14.9. The van der Waals surface area contributed by atoms with Crippen molar-refractivity contribution in [2.24, 2.45) is 4.99 Å². The summed E-state index contributed by atoms with van der Waals surface area (Å²) in [5, 5.41) is 1.05. The maximum Gasteiger partial charge on any atom is 0.338 e. The molecule has 1 aliphatic heterocycles. The van der Waals surface area contributed by atoms with Gasteiger partial charge in [-0.15, -0.1) is 0 Å². The Kier molecular flexibility index (Phi) is 8.45. The van der Waals surface area contributed by atoms with Crippen LogP contribution in [0.3, 0.4) is 0 Å². The Labute approximate surface area is 265 Å². The van der Waals surface area contributed by atoms with Crippen molar-refractivity contribution in [2.45, 2.75) is 46.4 Å². The quantitative estimate of drug-likeness (QED) is 0.200. The van der Waals surface area contributed by atoms with Gasteiger partial charge in [-0.1, -0.05) is 65.9 Å². The van der Waals surface area contributed by atoms with Gasteiger partial charge in [0.15, 0.2) is 16.3 Å². The fourth-order valence-electron chi connectivity index (χ4n) is 5.75.